The Bertz CT molecular complexity index is 530. The van der Waals surface area contributed by atoms with E-state index in [-0.39, 0.29) is 0 Å². The highest BCUT2D eigenvalue weighted by Gasteiger charge is 2.07. The van der Waals surface area contributed by atoms with Gasteiger partial charge in [-0.2, -0.15) is 5.10 Å². The molecule has 2 aromatic rings. The second kappa shape index (κ2) is 7.41. The van der Waals surface area contributed by atoms with Gasteiger partial charge < -0.3 is 10.2 Å². The summed E-state index contributed by atoms with van der Waals surface area (Å²) in [4.78, 5) is 2.23. The Morgan fingerprint density at radius 2 is 2.00 bits per heavy atom. The Kier molecular flexibility index (Phi) is 5.56. The summed E-state index contributed by atoms with van der Waals surface area (Å²) in [5, 5.41) is 9.48. The van der Waals surface area contributed by atoms with Crippen molar-refractivity contribution in [1.82, 2.24) is 20.0 Å². The molecular formula is C16H26N4. The standard InChI is InChI=1S/C16H26N4/c1-4-20-16-10-6-5-9-14(16)15(18-20)13-17-11-7-8-12-19(2)3/h5-6,9-10,17H,4,7-8,11-13H2,1-3H3. The molecule has 1 heterocycles. The van der Waals surface area contributed by atoms with Gasteiger partial charge in [-0.25, -0.2) is 0 Å². The van der Waals surface area contributed by atoms with Crippen LogP contribution < -0.4 is 5.32 Å². The number of aryl methyl sites for hydroxylation is 1. The molecule has 0 aliphatic carbocycles. The molecule has 0 radical (unpaired) electrons. The van der Waals surface area contributed by atoms with Gasteiger partial charge in [0.05, 0.1) is 11.2 Å². The van der Waals surface area contributed by atoms with E-state index in [1.165, 1.54) is 23.7 Å². The molecule has 4 nitrogen and oxygen atoms in total. The van der Waals surface area contributed by atoms with E-state index in [2.05, 4.69) is 60.2 Å². The first-order valence-corrected chi connectivity index (χ1v) is 7.52. The monoisotopic (exact) mass is 274 g/mol. The minimum absolute atomic E-state index is 0.857. The molecule has 0 spiro atoms. The van der Waals surface area contributed by atoms with E-state index < -0.39 is 0 Å². The smallest absolute Gasteiger partial charge is 0.0841 e. The molecule has 0 aliphatic rings. The summed E-state index contributed by atoms with van der Waals surface area (Å²) in [6.45, 7) is 6.13. The van der Waals surface area contributed by atoms with Crippen molar-refractivity contribution in [3.63, 3.8) is 0 Å². The van der Waals surface area contributed by atoms with E-state index in [9.17, 15) is 0 Å². The average molecular weight is 274 g/mol. The van der Waals surface area contributed by atoms with Crippen molar-refractivity contribution >= 4 is 10.9 Å². The van der Waals surface area contributed by atoms with Crippen LogP contribution in [0.2, 0.25) is 0 Å². The van der Waals surface area contributed by atoms with Crippen LogP contribution in [0.15, 0.2) is 24.3 Å². The van der Waals surface area contributed by atoms with Gasteiger partial charge in [0.15, 0.2) is 0 Å². The highest BCUT2D eigenvalue weighted by Crippen LogP contribution is 2.18. The molecule has 0 bridgehead atoms. The first kappa shape index (κ1) is 15.0. The zero-order valence-corrected chi connectivity index (χ0v) is 12.9. The fourth-order valence-corrected chi connectivity index (χ4v) is 2.45. The molecule has 1 N–H and O–H groups in total. The zero-order valence-electron chi connectivity index (χ0n) is 12.9. The normalized spacial score (nSPS) is 11.6. The average Bonchev–Trinajstić information content (AvgIpc) is 2.81. The van der Waals surface area contributed by atoms with E-state index in [1.807, 2.05) is 0 Å². The fourth-order valence-electron chi connectivity index (χ4n) is 2.45. The van der Waals surface area contributed by atoms with E-state index >= 15 is 0 Å². The first-order valence-electron chi connectivity index (χ1n) is 7.52. The summed E-state index contributed by atoms with van der Waals surface area (Å²) in [6, 6.07) is 8.48. The van der Waals surface area contributed by atoms with Crippen LogP contribution in [0.5, 0.6) is 0 Å². The second-order valence-corrected chi connectivity index (χ2v) is 5.47. The van der Waals surface area contributed by atoms with Crippen molar-refractivity contribution in [3.8, 4) is 0 Å². The minimum atomic E-state index is 0.857. The number of fused-ring (bicyclic) bond motifs is 1. The van der Waals surface area contributed by atoms with Crippen molar-refractivity contribution in [1.29, 1.82) is 0 Å². The van der Waals surface area contributed by atoms with Gasteiger partial charge in [0.2, 0.25) is 0 Å². The van der Waals surface area contributed by atoms with Crippen molar-refractivity contribution in [2.75, 3.05) is 27.2 Å². The van der Waals surface area contributed by atoms with E-state index in [0.29, 0.717) is 0 Å². The molecule has 20 heavy (non-hydrogen) atoms. The molecule has 0 atom stereocenters. The summed E-state index contributed by atoms with van der Waals surface area (Å²) < 4.78 is 2.08. The van der Waals surface area contributed by atoms with Gasteiger partial charge in [-0.15, -0.1) is 0 Å². The predicted molar refractivity (Wildman–Crippen MR) is 84.9 cm³/mol. The molecule has 0 fully saturated rings. The summed E-state index contributed by atoms with van der Waals surface area (Å²) >= 11 is 0. The number of rotatable bonds is 8. The van der Waals surface area contributed by atoms with E-state index in [4.69, 9.17) is 5.10 Å². The van der Waals surface area contributed by atoms with Crippen LogP contribution in [-0.2, 0) is 13.1 Å². The fraction of sp³-hybridized carbons (Fsp3) is 0.562. The molecule has 110 valence electrons. The molecule has 0 aliphatic heterocycles. The third-order valence-corrected chi connectivity index (χ3v) is 3.54. The third-order valence-electron chi connectivity index (χ3n) is 3.54. The Hall–Kier alpha value is -1.39. The number of hydrogen-bond acceptors (Lipinski definition) is 3. The first-order chi connectivity index (χ1) is 9.72. The molecule has 2 rings (SSSR count). The number of nitrogens with zero attached hydrogens (tertiary/aromatic N) is 3. The third kappa shape index (κ3) is 3.81. The molecule has 0 saturated carbocycles. The lowest BCUT2D eigenvalue weighted by Gasteiger charge is -2.09. The number of aromatic nitrogens is 2. The topological polar surface area (TPSA) is 33.1 Å². The van der Waals surface area contributed by atoms with Crippen LogP contribution >= 0.6 is 0 Å². The minimum Gasteiger partial charge on any atom is -0.311 e. The summed E-state index contributed by atoms with van der Waals surface area (Å²) in [5.74, 6) is 0. The van der Waals surface area contributed by atoms with Crippen molar-refractivity contribution < 1.29 is 0 Å². The van der Waals surface area contributed by atoms with Gasteiger partial charge in [0.25, 0.3) is 0 Å². The number of benzene rings is 1. The van der Waals surface area contributed by atoms with Crippen LogP contribution in [0.4, 0.5) is 0 Å². The number of unbranched alkanes of at least 4 members (excludes halogenated alkanes) is 1. The molecule has 1 aromatic heterocycles. The lowest BCUT2D eigenvalue weighted by atomic mass is 10.2. The highest BCUT2D eigenvalue weighted by molar-refractivity contribution is 5.81. The second-order valence-electron chi connectivity index (χ2n) is 5.47. The van der Waals surface area contributed by atoms with Crippen LogP contribution in [0, 0.1) is 0 Å². The maximum Gasteiger partial charge on any atom is 0.0841 e. The lowest BCUT2D eigenvalue weighted by Crippen LogP contribution is -2.18. The van der Waals surface area contributed by atoms with Crippen molar-refractivity contribution in [2.45, 2.75) is 32.9 Å². The number of hydrogen-bond donors (Lipinski definition) is 1. The maximum absolute atomic E-state index is 4.70. The van der Waals surface area contributed by atoms with Crippen LogP contribution in [0.3, 0.4) is 0 Å². The van der Waals surface area contributed by atoms with Crippen molar-refractivity contribution in [3.05, 3.63) is 30.0 Å². The van der Waals surface area contributed by atoms with Crippen molar-refractivity contribution in [2.24, 2.45) is 0 Å². The van der Waals surface area contributed by atoms with Gasteiger partial charge in [-0.1, -0.05) is 18.2 Å². The Balaban J connectivity index is 1.87. The molecule has 0 saturated heterocycles. The SMILES string of the molecule is CCn1nc(CNCCCCN(C)C)c2ccccc21. The maximum atomic E-state index is 4.70. The van der Waals surface area contributed by atoms with E-state index in [1.54, 1.807) is 0 Å². The summed E-state index contributed by atoms with van der Waals surface area (Å²) in [5.41, 5.74) is 2.40. The van der Waals surface area contributed by atoms with Crippen LogP contribution in [0.25, 0.3) is 10.9 Å². The zero-order chi connectivity index (χ0) is 14.4. The Labute approximate surface area is 121 Å². The van der Waals surface area contributed by atoms with Crippen LogP contribution in [0.1, 0.15) is 25.5 Å². The van der Waals surface area contributed by atoms with Gasteiger partial charge >= 0.3 is 0 Å². The van der Waals surface area contributed by atoms with Gasteiger partial charge in [-0.3, -0.25) is 4.68 Å². The Morgan fingerprint density at radius 1 is 1.20 bits per heavy atom. The Morgan fingerprint density at radius 3 is 2.75 bits per heavy atom. The van der Waals surface area contributed by atoms with E-state index in [0.717, 1.165) is 31.9 Å². The van der Waals surface area contributed by atoms with Crippen LogP contribution in [-0.4, -0.2) is 41.9 Å². The predicted octanol–water partition coefficient (Wildman–Crippen LogP) is 2.49. The lowest BCUT2D eigenvalue weighted by molar-refractivity contribution is 0.391. The van der Waals surface area contributed by atoms with Gasteiger partial charge in [-0.05, 0) is 53.0 Å². The molecule has 0 amide bonds. The van der Waals surface area contributed by atoms with Gasteiger partial charge in [0, 0.05) is 18.5 Å². The number of para-hydroxylation sites is 1. The van der Waals surface area contributed by atoms with Gasteiger partial charge in [0.1, 0.15) is 0 Å². The highest BCUT2D eigenvalue weighted by atomic mass is 15.3. The molecule has 4 heteroatoms. The summed E-state index contributed by atoms with van der Waals surface area (Å²) in [6.07, 6.45) is 2.45. The molecule has 1 aromatic carbocycles. The molecule has 0 unspecified atom stereocenters. The number of nitrogens with one attached hydrogen (secondary N) is 1. The largest absolute Gasteiger partial charge is 0.311 e. The quantitative estimate of drug-likeness (QED) is 0.751. The molecular weight excluding hydrogens is 248 g/mol. The summed E-state index contributed by atoms with van der Waals surface area (Å²) in [7, 11) is 4.24.